The molecule has 1 aliphatic heterocycles. The monoisotopic (exact) mass is 457 g/mol. The van der Waals surface area contributed by atoms with E-state index >= 15 is 0 Å². The number of fused-ring (bicyclic) bond motifs is 1. The number of benzene rings is 3. The minimum absolute atomic E-state index is 0.0623. The van der Waals surface area contributed by atoms with Gasteiger partial charge in [-0.3, -0.25) is 4.79 Å². The second-order valence-electron chi connectivity index (χ2n) is 7.63. The van der Waals surface area contributed by atoms with Crippen LogP contribution in [0.2, 0.25) is 0 Å². The van der Waals surface area contributed by atoms with Crippen molar-refractivity contribution in [3.05, 3.63) is 96.1 Å². The summed E-state index contributed by atoms with van der Waals surface area (Å²) in [7, 11) is 1.64. The SMILES string of the molecule is COc1ccc([C@@H]2Nn3c(nnc3-c3ccccc3)S[C@H]2C(=O)NCc2ccccc2)cc1. The smallest absolute Gasteiger partial charge is 0.236 e. The second-order valence-corrected chi connectivity index (χ2v) is 8.74. The van der Waals surface area contributed by atoms with E-state index in [1.807, 2.05) is 89.6 Å². The number of amides is 1. The van der Waals surface area contributed by atoms with Gasteiger partial charge in [0.25, 0.3) is 0 Å². The third kappa shape index (κ3) is 4.42. The lowest BCUT2D eigenvalue weighted by Crippen LogP contribution is -2.43. The van der Waals surface area contributed by atoms with E-state index in [1.165, 1.54) is 11.8 Å². The molecule has 2 N–H and O–H groups in total. The van der Waals surface area contributed by atoms with Crippen LogP contribution in [-0.2, 0) is 11.3 Å². The first kappa shape index (κ1) is 21.1. The summed E-state index contributed by atoms with van der Waals surface area (Å²) in [6.45, 7) is 0.466. The van der Waals surface area contributed by atoms with Gasteiger partial charge < -0.3 is 15.5 Å². The Labute approximate surface area is 196 Å². The van der Waals surface area contributed by atoms with Crippen LogP contribution in [0.25, 0.3) is 11.4 Å². The Bertz CT molecular complexity index is 1230. The molecular weight excluding hydrogens is 434 g/mol. The van der Waals surface area contributed by atoms with Crippen LogP contribution in [0.1, 0.15) is 17.2 Å². The molecule has 0 radical (unpaired) electrons. The number of nitrogens with one attached hydrogen (secondary N) is 2. The van der Waals surface area contributed by atoms with Crippen LogP contribution in [0, 0.1) is 0 Å². The molecule has 0 spiro atoms. The first-order valence-corrected chi connectivity index (χ1v) is 11.5. The molecule has 3 aromatic carbocycles. The number of carbonyl (C=O) groups excluding carboxylic acids is 1. The van der Waals surface area contributed by atoms with Crippen molar-refractivity contribution in [3.8, 4) is 17.1 Å². The third-order valence-electron chi connectivity index (χ3n) is 5.51. The standard InChI is InChI=1S/C25H23N5O2S/c1-32-20-14-12-18(13-15-20)21-22(24(31)26-16-17-8-4-2-5-9-17)33-25-28-27-23(30(25)29-21)19-10-6-3-7-11-19/h2-15,21-22,29H,16H2,1H3,(H,26,31)/t21-,22+/m0/s1. The quantitative estimate of drug-likeness (QED) is 0.455. The number of carbonyl (C=O) groups is 1. The van der Waals surface area contributed by atoms with E-state index in [4.69, 9.17) is 4.74 Å². The van der Waals surface area contributed by atoms with Crippen LogP contribution in [0.5, 0.6) is 5.75 Å². The summed E-state index contributed by atoms with van der Waals surface area (Å²) in [5, 5.41) is 12.0. The molecule has 0 unspecified atom stereocenters. The zero-order valence-corrected chi connectivity index (χ0v) is 18.8. The Hall–Kier alpha value is -3.78. The molecule has 0 bridgehead atoms. The first-order valence-electron chi connectivity index (χ1n) is 10.6. The lowest BCUT2D eigenvalue weighted by molar-refractivity contribution is -0.121. The molecule has 33 heavy (non-hydrogen) atoms. The zero-order chi connectivity index (χ0) is 22.6. The topological polar surface area (TPSA) is 81.1 Å². The highest BCUT2D eigenvalue weighted by molar-refractivity contribution is 8.00. The molecule has 0 saturated carbocycles. The van der Waals surface area contributed by atoms with Crippen LogP contribution < -0.4 is 15.5 Å². The van der Waals surface area contributed by atoms with Crippen LogP contribution in [0.4, 0.5) is 0 Å². The number of methoxy groups -OCH3 is 1. The van der Waals surface area contributed by atoms with Gasteiger partial charge in [0.1, 0.15) is 11.0 Å². The summed E-state index contributed by atoms with van der Waals surface area (Å²) in [5.41, 5.74) is 6.47. The van der Waals surface area contributed by atoms with Crippen molar-refractivity contribution in [2.45, 2.75) is 23.0 Å². The van der Waals surface area contributed by atoms with Gasteiger partial charge in [0.15, 0.2) is 5.82 Å². The van der Waals surface area contributed by atoms with E-state index in [1.54, 1.807) is 7.11 Å². The van der Waals surface area contributed by atoms with Gasteiger partial charge in [0, 0.05) is 12.1 Å². The third-order valence-corrected chi connectivity index (χ3v) is 6.73. The normalized spacial score (nSPS) is 17.0. The van der Waals surface area contributed by atoms with Gasteiger partial charge in [0.05, 0.1) is 13.2 Å². The molecule has 4 aromatic rings. The molecule has 8 heteroatoms. The lowest BCUT2D eigenvalue weighted by Gasteiger charge is -2.33. The maximum absolute atomic E-state index is 13.3. The average molecular weight is 458 g/mol. The number of aromatic nitrogens is 3. The maximum atomic E-state index is 13.3. The van der Waals surface area contributed by atoms with Crippen molar-refractivity contribution >= 4 is 17.7 Å². The summed E-state index contributed by atoms with van der Waals surface area (Å²) >= 11 is 1.41. The van der Waals surface area contributed by atoms with Crippen LogP contribution in [0.15, 0.2) is 90.1 Å². The molecule has 166 valence electrons. The summed E-state index contributed by atoms with van der Waals surface area (Å²) < 4.78 is 7.18. The summed E-state index contributed by atoms with van der Waals surface area (Å²) in [4.78, 5) is 13.3. The number of rotatable bonds is 6. The Kier molecular flexibility index (Phi) is 5.99. The Morgan fingerprint density at radius 2 is 1.70 bits per heavy atom. The van der Waals surface area contributed by atoms with Crippen LogP contribution in [-0.4, -0.2) is 33.1 Å². The summed E-state index contributed by atoms with van der Waals surface area (Å²) in [5.74, 6) is 1.41. The van der Waals surface area contributed by atoms with Gasteiger partial charge in [-0.05, 0) is 23.3 Å². The molecule has 1 aliphatic rings. The second kappa shape index (κ2) is 9.38. The van der Waals surface area contributed by atoms with Gasteiger partial charge in [0.2, 0.25) is 11.1 Å². The highest BCUT2D eigenvalue weighted by Crippen LogP contribution is 2.38. The van der Waals surface area contributed by atoms with Crippen molar-refractivity contribution in [2.75, 3.05) is 12.5 Å². The first-order chi connectivity index (χ1) is 16.2. The van der Waals surface area contributed by atoms with Gasteiger partial charge >= 0.3 is 0 Å². The van der Waals surface area contributed by atoms with Crippen molar-refractivity contribution in [1.82, 2.24) is 20.2 Å². The van der Waals surface area contributed by atoms with E-state index in [-0.39, 0.29) is 11.9 Å². The summed E-state index contributed by atoms with van der Waals surface area (Å²) in [6, 6.07) is 27.2. The molecule has 2 heterocycles. The molecule has 2 atom stereocenters. The Morgan fingerprint density at radius 3 is 2.39 bits per heavy atom. The highest BCUT2D eigenvalue weighted by atomic mass is 32.2. The average Bonchev–Trinajstić information content (AvgIpc) is 3.31. The van der Waals surface area contributed by atoms with Crippen molar-refractivity contribution < 1.29 is 9.53 Å². The van der Waals surface area contributed by atoms with E-state index in [0.717, 1.165) is 22.4 Å². The fourth-order valence-electron chi connectivity index (χ4n) is 3.78. The van der Waals surface area contributed by atoms with Gasteiger partial charge in [-0.2, -0.15) is 0 Å². The van der Waals surface area contributed by atoms with Crippen LogP contribution in [0.3, 0.4) is 0 Å². The molecule has 0 fully saturated rings. The number of ether oxygens (including phenoxy) is 1. The fourth-order valence-corrected chi connectivity index (χ4v) is 4.88. The molecule has 5 rings (SSSR count). The van der Waals surface area contributed by atoms with Crippen molar-refractivity contribution in [1.29, 1.82) is 0 Å². The van der Waals surface area contributed by atoms with E-state index in [9.17, 15) is 4.79 Å². The molecule has 0 aliphatic carbocycles. The highest BCUT2D eigenvalue weighted by Gasteiger charge is 2.37. The number of thioether (sulfide) groups is 1. The van der Waals surface area contributed by atoms with E-state index in [0.29, 0.717) is 17.5 Å². The largest absolute Gasteiger partial charge is 0.497 e. The van der Waals surface area contributed by atoms with Gasteiger partial charge in [-0.25, -0.2) is 4.68 Å². The molecular formula is C25H23N5O2S. The number of hydrogen-bond acceptors (Lipinski definition) is 6. The Balaban J connectivity index is 1.46. The zero-order valence-electron chi connectivity index (χ0n) is 18.0. The number of hydrogen-bond donors (Lipinski definition) is 2. The Morgan fingerprint density at radius 1 is 1.00 bits per heavy atom. The predicted octanol–water partition coefficient (Wildman–Crippen LogP) is 4.03. The molecule has 0 saturated heterocycles. The predicted molar refractivity (Wildman–Crippen MR) is 128 cm³/mol. The fraction of sp³-hybridized carbons (Fsp3) is 0.160. The number of nitrogens with zero attached hydrogens (tertiary/aromatic N) is 3. The molecule has 1 amide bonds. The summed E-state index contributed by atoms with van der Waals surface area (Å²) in [6.07, 6.45) is 0. The van der Waals surface area contributed by atoms with Gasteiger partial charge in [-0.1, -0.05) is 84.6 Å². The van der Waals surface area contributed by atoms with E-state index in [2.05, 4.69) is 20.9 Å². The molecule has 1 aromatic heterocycles. The molecule has 7 nitrogen and oxygen atoms in total. The van der Waals surface area contributed by atoms with E-state index < -0.39 is 5.25 Å². The van der Waals surface area contributed by atoms with Crippen molar-refractivity contribution in [2.24, 2.45) is 0 Å². The van der Waals surface area contributed by atoms with Crippen LogP contribution >= 0.6 is 11.8 Å². The van der Waals surface area contributed by atoms with Crippen molar-refractivity contribution in [3.63, 3.8) is 0 Å². The minimum Gasteiger partial charge on any atom is -0.497 e. The minimum atomic E-state index is -0.428. The maximum Gasteiger partial charge on any atom is 0.236 e. The van der Waals surface area contributed by atoms with Gasteiger partial charge in [-0.15, -0.1) is 10.2 Å². The lowest BCUT2D eigenvalue weighted by atomic mass is 10.0.